The third-order valence-corrected chi connectivity index (χ3v) is 6.94. The molecule has 1 aromatic rings. The van der Waals surface area contributed by atoms with Crippen LogP contribution in [0.5, 0.6) is 0 Å². The molecule has 0 radical (unpaired) electrons. The zero-order valence-electron chi connectivity index (χ0n) is 16.2. The number of halogens is 1. The van der Waals surface area contributed by atoms with E-state index in [1.807, 2.05) is 19.9 Å². The number of hydrogen-bond donors (Lipinski definition) is 3. The second-order valence-corrected chi connectivity index (χ2v) is 8.93. The van der Waals surface area contributed by atoms with Crippen LogP contribution in [0.15, 0.2) is 22.7 Å². The number of anilines is 1. The summed E-state index contributed by atoms with van der Waals surface area (Å²) in [6.45, 7) is 3.74. The number of carbonyl (C=O) groups is 4. The van der Waals surface area contributed by atoms with Crippen molar-refractivity contribution in [2.24, 2.45) is 17.6 Å². The SMILES string of the molecule is CC[C@@H](C)N1C(=O)[C@H]2[C@@H](C1=O)[C@@]1(N[C@@H]2CCC(N)=O)C(=O)Nc2ccc(Br)cc21. The molecule has 3 aliphatic rings. The summed E-state index contributed by atoms with van der Waals surface area (Å²) < 4.78 is 0.765. The van der Waals surface area contributed by atoms with E-state index < -0.39 is 29.3 Å². The average molecular weight is 463 g/mol. The molecule has 5 atom stereocenters. The quantitative estimate of drug-likeness (QED) is 0.568. The largest absolute Gasteiger partial charge is 0.370 e. The third kappa shape index (κ3) is 2.74. The number of nitrogens with one attached hydrogen (secondary N) is 2. The number of nitrogens with two attached hydrogens (primary N) is 1. The van der Waals surface area contributed by atoms with Crippen molar-refractivity contribution in [2.75, 3.05) is 5.32 Å². The van der Waals surface area contributed by atoms with Gasteiger partial charge in [0.15, 0.2) is 0 Å². The second-order valence-electron chi connectivity index (χ2n) is 8.02. The number of hydrogen-bond acceptors (Lipinski definition) is 5. The summed E-state index contributed by atoms with van der Waals surface area (Å²) in [7, 11) is 0. The highest BCUT2D eigenvalue weighted by Crippen LogP contribution is 2.54. The Kier molecular flexibility index (Phi) is 4.77. The van der Waals surface area contributed by atoms with E-state index in [4.69, 9.17) is 5.73 Å². The van der Waals surface area contributed by atoms with Gasteiger partial charge in [-0.05, 0) is 38.0 Å². The molecule has 2 saturated heterocycles. The van der Waals surface area contributed by atoms with E-state index in [0.29, 0.717) is 17.7 Å². The van der Waals surface area contributed by atoms with E-state index >= 15 is 0 Å². The molecule has 3 aliphatic heterocycles. The maximum atomic E-state index is 13.5. The highest BCUT2D eigenvalue weighted by atomic mass is 79.9. The summed E-state index contributed by atoms with van der Waals surface area (Å²) in [5.41, 5.74) is 5.23. The van der Waals surface area contributed by atoms with Gasteiger partial charge in [0, 0.05) is 34.2 Å². The number of benzene rings is 1. The summed E-state index contributed by atoms with van der Waals surface area (Å²) in [6, 6.07) is 4.61. The standard InChI is InChI=1S/C20H23BrN4O4/c1-3-9(2)25-17(27)15-13(6-7-14(22)26)24-20(16(15)18(25)28)11-8-10(21)4-5-12(11)23-19(20)29/h4-5,8-9,13,15-16,24H,3,6-7H2,1-2H3,(H2,22,26)(H,23,29)/t9-,13-,15-,16+,20-/m1/s1. The van der Waals surface area contributed by atoms with Crippen LogP contribution in [0, 0.1) is 11.8 Å². The van der Waals surface area contributed by atoms with Crippen molar-refractivity contribution in [2.45, 2.75) is 50.7 Å². The first-order valence-electron chi connectivity index (χ1n) is 9.76. The zero-order valence-corrected chi connectivity index (χ0v) is 17.8. The Hall–Kier alpha value is -2.26. The molecular weight excluding hydrogens is 440 g/mol. The lowest BCUT2D eigenvalue weighted by Crippen LogP contribution is -2.54. The molecule has 4 amide bonds. The normalized spacial score (nSPS) is 31.2. The van der Waals surface area contributed by atoms with E-state index in [-0.39, 0.29) is 36.6 Å². The molecule has 4 N–H and O–H groups in total. The van der Waals surface area contributed by atoms with Crippen molar-refractivity contribution in [3.05, 3.63) is 28.2 Å². The first kappa shape index (κ1) is 20.0. The Bertz CT molecular complexity index is 935. The van der Waals surface area contributed by atoms with Gasteiger partial charge in [0.05, 0.1) is 11.8 Å². The molecular formula is C20H23BrN4O4. The molecule has 154 valence electrons. The van der Waals surface area contributed by atoms with Crippen molar-refractivity contribution >= 4 is 45.2 Å². The van der Waals surface area contributed by atoms with Crippen molar-refractivity contribution in [1.82, 2.24) is 10.2 Å². The van der Waals surface area contributed by atoms with E-state index in [1.54, 1.807) is 12.1 Å². The highest BCUT2D eigenvalue weighted by Gasteiger charge is 2.70. The molecule has 8 nitrogen and oxygen atoms in total. The predicted molar refractivity (Wildman–Crippen MR) is 108 cm³/mol. The molecule has 2 fully saturated rings. The van der Waals surface area contributed by atoms with Gasteiger partial charge < -0.3 is 11.1 Å². The number of nitrogens with zero attached hydrogens (tertiary/aromatic N) is 1. The minimum Gasteiger partial charge on any atom is -0.370 e. The number of fused-ring (bicyclic) bond motifs is 4. The Morgan fingerprint density at radius 1 is 1.31 bits per heavy atom. The summed E-state index contributed by atoms with van der Waals surface area (Å²) in [4.78, 5) is 52.7. The number of carbonyl (C=O) groups excluding carboxylic acids is 4. The Morgan fingerprint density at radius 3 is 2.69 bits per heavy atom. The van der Waals surface area contributed by atoms with Gasteiger partial charge in [0.25, 0.3) is 0 Å². The fourth-order valence-electron chi connectivity index (χ4n) is 4.96. The summed E-state index contributed by atoms with van der Waals surface area (Å²) in [5, 5.41) is 6.14. The maximum absolute atomic E-state index is 13.5. The van der Waals surface area contributed by atoms with Gasteiger partial charge in [0.1, 0.15) is 5.54 Å². The molecule has 0 unspecified atom stereocenters. The third-order valence-electron chi connectivity index (χ3n) is 6.44. The second kappa shape index (κ2) is 6.91. The topological polar surface area (TPSA) is 122 Å². The van der Waals surface area contributed by atoms with Crippen molar-refractivity contribution in [3.63, 3.8) is 0 Å². The van der Waals surface area contributed by atoms with Crippen LogP contribution in [0.2, 0.25) is 0 Å². The molecule has 29 heavy (non-hydrogen) atoms. The molecule has 1 aromatic carbocycles. The molecule has 0 saturated carbocycles. The summed E-state index contributed by atoms with van der Waals surface area (Å²) in [5.74, 6) is -3.05. The fourth-order valence-corrected chi connectivity index (χ4v) is 5.32. The van der Waals surface area contributed by atoms with Gasteiger partial charge in [-0.1, -0.05) is 22.9 Å². The smallest absolute Gasteiger partial charge is 0.250 e. The van der Waals surface area contributed by atoms with Crippen LogP contribution >= 0.6 is 15.9 Å². The van der Waals surface area contributed by atoms with Crippen LogP contribution < -0.4 is 16.4 Å². The number of imide groups is 1. The minimum atomic E-state index is -1.35. The van der Waals surface area contributed by atoms with Crippen LogP contribution in [0.25, 0.3) is 0 Å². The van der Waals surface area contributed by atoms with Gasteiger partial charge in [-0.3, -0.25) is 29.4 Å². The summed E-state index contributed by atoms with van der Waals surface area (Å²) in [6.07, 6.45) is 0.967. The number of amides is 4. The lowest BCUT2D eigenvalue weighted by molar-refractivity contribution is -0.145. The van der Waals surface area contributed by atoms with Gasteiger partial charge in [0.2, 0.25) is 23.6 Å². The number of likely N-dealkylation sites (tertiary alicyclic amines) is 1. The van der Waals surface area contributed by atoms with Crippen LogP contribution in [-0.4, -0.2) is 40.6 Å². The van der Waals surface area contributed by atoms with Gasteiger partial charge >= 0.3 is 0 Å². The van der Waals surface area contributed by atoms with Crippen LogP contribution in [0.4, 0.5) is 5.69 Å². The molecule has 1 spiro atoms. The van der Waals surface area contributed by atoms with E-state index in [0.717, 1.165) is 4.47 Å². The monoisotopic (exact) mass is 462 g/mol. The van der Waals surface area contributed by atoms with Gasteiger partial charge in [-0.2, -0.15) is 0 Å². The first-order valence-corrected chi connectivity index (χ1v) is 10.6. The van der Waals surface area contributed by atoms with Crippen LogP contribution in [-0.2, 0) is 24.7 Å². The molecule has 0 aliphatic carbocycles. The van der Waals surface area contributed by atoms with E-state index in [2.05, 4.69) is 26.6 Å². The number of rotatable bonds is 5. The van der Waals surface area contributed by atoms with Crippen molar-refractivity contribution < 1.29 is 19.2 Å². The van der Waals surface area contributed by atoms with Gasteiger partial charge in [-0.25, -0.2) is 0 Å². The predicted octanol–water partition coefficient (Wildman–Crippen LogP) is 1.23. The first-order chi connectivity index (χ1) is 13.7. The molecule has 9 heteroatoms. The van der Waals surface area contributed by atoms with Crippen LogP contribution in [0.3, 0.4) is 0 Å². The summed E-state index contributed by atoms with van der Waals surface area (Å²) >= 11 is 3.44. The molecule has 0 aromatic heterocycles. The maximum Gasteiger partial charge on any atom is 0.250 e. The zero-order chi connectivity index (χ0) is 21.1. The number of primary amides is 1. The Labute approximate surface area is 176 Å². The average Bonchev–Trinajstić information content (AvgIpc) is 3.25. The van der Waals surface area contributed by atoms with E-state index in [1.165, 1.54) is 4.90 Å². The highest BCUT2D eigenvalue weighted by molar-refractivity contribution is 9.10. The van der Waals surface area contributed by atoms with E-state index in [9.17, 15) is 19.2 Å². The lowest BCUT2D eigenvalue weighted by atomic mass is 9.76. The fraction of sp³-hybridized carbons (Fsp3) is 0.500. The minimum absolute atomic E-state index is 0.0642. The Morgan fingerprint density at radius 2 is 2.03 bits per heavy atom. The van der Waals surface area contributed by atoms with Gasteiger partial charge in [-0.15, -0.1) is 0 Å². The molecule has 3 heterocycles. The lowest BCUT2D eigenvalue weighted by Gasteiger charge is -2.31. The van der Waals surface area contributed by atoms with Crippen molar-refractivity contribution in [3.8, 4) is 0 Å². The van der Waals surface area contributed by atoms with Crippen LogP contribution in [0.1, 0.15) is 38.7 Å². The molecule has 4 rings (SSSR count). The van der Waals surface area contributed by atoms with Crippen molar-refractivity contribution in [1.29, 1.82) is 0 Å². The Balaban J connectivity index is 1.85. The molecule has 0 bridgehead atoms.